The Bertz CT molecular complexity index is 1460. The van der Waals surface area contributed by atoms with Crippen LogP contribution in [-0.4, -0.2) is 30.1 Å². The van der Waals surface area contributed by atoms with Gasteiger partial charge in [0.1, 0.15) is 19.0 Å². The number of benzene rings is 1. The van der Waals surface area contributed by atoms with Crippen LogP contribution in [0.5, 0.6) is 0 Å². The van der Waals surface area contributed by atoms with Crippen LogP contribution in [0.3, 0.4) is 0 Å². The average molecular weight is 645 g/mol. The van der Waals surface area contributed by atoms with Gasteiger partial charge in [-0.15, -0.1) is 0 Å². The maximum absolute atomic E-state index is 14.8. The lowest BCUT2D eigenvalue weighted by molar-refractivity contribution is -0.225. The zero-order chi connectivity index (χ0) is 34.0. The second kappa shape index (κ2) is 11.7. The highest BCUT2D eigenvalue weighted by molar-refractivity contribution is 5.96. The van der Waals surface area contributed by atoms with Gasteiger partial charge in [-0.25, -0.2) is 0 Å². The number of hydrogen-bond donors (Lipinski definition) is 0. The van der Waals surface area contributed by atoms with E-state index >= 15 is 0 Å². The van der Waals surface area contributed by atoms with E-state index in [2.05, 4.69) is 48.5 Å². The summed E-state index contributed by atoms with van der Waals surface area (Å²) in [5.41, 5.74) is 0.928. The number of aldehydes is 1. The Balaban J connectivity index is 1.27. The maximum atomic E-state index is 14.8. The molecule has 0 aliphatic heterocycles. The molecule has 4 fully saturated rings. The van der Waals surface area contributed by atoms with Crippen molar-refractivity contribution in [3.63, 3.8) is 0 Å². The number of esters is 2. The van der Waals surface area contributed by atoms with E-state index in [-0.39, 0.29) is 70.1 Å². The predicted octanol–water partition coefficient (Wildman–Crippen LogP) is 8.60. The summed E-state index contributed by atoms with van der Waals surface area (Å²) in [5.74, 6) is -0.474. The van der Waals surface area contributed by atoms with Gasteiger partial charge >= 0.3 is 11.9 Å². The van der Waals surface area contributed by atoms with E-state index in [1.54, 1.807) is 0 Å². The molecule has 9 atom stereocenters. The van der Waals surface area contributed by atoms with Gasteiger partial charge in [0.05, 0.1) is 12.8 Å². The summed E-state index contributed by atoms with van der Waals surface area (Å²) in [5, 5.41) is 0. The topological polar surface area (TPSA) is 86.7 Å². The molecule has 5 aliphatic carbocycles. The number of fused-ring (bicyclic) bond motifs is 7. The molecule has 6 heteroatoms. The number of hydrogen-bond acceptors (Lipinski definition) is 6. The fraction of sp³-hybridized carbons (Fsp3) is 0.707. The van der Waals surface area contributed by atoms with Crippen LogP contribution in [0.15, 0.2) is 42.0 Å². The van der Waals surface area contributed by atoms with Gasteiger partial charge in [-0.3, -0.25) is 14.4 Å². The Hall–Kier alpha value is -2.76. The van der Waals surface area contributed by atoms with Gasteiger partial charge in [0.15, 0.2) is 5.78 Å². The first-order valence-corrected chi connectivity index (χ1v) is 18.1. The Morgan fingerprint density at radius 2 is 1.53 bits per heavy atom. The lowest BCUT2D eigenvalue weighted by atomic mass is 9.33. The first kappa shape index (κ1) is 34.1. The standard InChI is InChI=1S/C41H56O6/c1-36(2)17-16-32(47-34(45)14-13-33(44)46-25-27-11-9-8-10-12-27)41(7)31(36)15-18-40(6)35(41)30(43)23-28-29-24-37(3,26-42)19-20-38(29,4)21-22-39(28,40)5/h8-12,23,26,29,31-32,35H,13-22,24-25H2,1-7H3/t29-,31-,32?,35-,37-,38+,39+,40+,41+/m0/s1. The molecule has 6 rings (SSSR count). The second-order valence-corrected chi connectivity index (χ2v) is 18.0. The maximum Gasteiger partial charge on any atom is 0.306 e. The molecule has 0 bridgehead atoms. The molecule has 256 valence electrons. The van der Waals surface area contributed by atoms with Crippen molar-refractivity contribution in [3.05, 3.63) is 47.5 Å². The molecule has 4 saturated carbocycles. The van der Waals surface area contributed by atoms with Crippen LogP contribution in [0.4, 0.5) is 0 Å². The summed E-state index contributed by atoms with van der Waals surface area (Å²) in [6.07, 6.45) is 11.1. The van der Waals surface area contributed by atoms with Crippen LogP contribution >= 0.6 is 0 Å². The summed E-state index contributed by atoms with van der Waals surface area (Å²) in [6, 6.07) is 9.50. The van der Waals surface area contributed by atoms with E-state index in [9.17, 15) is 19.2 Å². The van der Waals surface area contributed by atoms with Gasteiger partial charge in [0.2, 0.25) is 0 Å². The normalized spacial score (nSPS) is 42.0. The van der Waals surface area contributed by atoms with Crippen LogP contribution in [0.25, 0.3) is 0 Å². The van der Waals surface area contributed by atoms with Crippen molar-refractivity contribution in [2.45, 2.75) is 132 Å². The highest BCUT2D eigenvalue weighted by atomic mass is 16.5. The molecule has 0 spiro atoms. The van der Waals surface area contributed by atoms with Crippen LogP contribution in [0.2, 0.25) is 0 Å². The molecule has 6 nitrogen and oxygen atoms in total. The number of ketones is 1. The van der Waals surface area contributed by atoms with Gasteiger partial charge in [0.25, 0.3) is 0 Å². The minimum absolute atomic E-state index is 0.00564. The first-order valence-electron chi connectivity index (χ1n) is 18.1. The molecule has 1 unspecified atom stereocenters. The molecular weight excluding hydrogens is 588 g/mol. The number of carbonyl (C=O) groups excluding carboxylic acids is 4. The van der Waals surface area contributed by atoms with Crippen LogP contribution in [0, 0.1) is 50.2 Å². The van der Waals surface area contributed by atoms with Gasteiger partial charge in [-0.05, 0) is 103 Å². The van der Waals surface area contributed by atoms with Crippen molar-refractivity contribution < 1.29 is 28.7 Å². The largest absolute Gasteiger partial charge is 0.462 e. The van der Waals surface area contributed by atoms with Gasteiger partial charge < -0.3 is 14.3 Å². The fourth-order valence-electron chi connectivity index (χ4n) is 11.7. The Labute approximate surface area is 281 Å². The lowest BCUT2D eigenvalue weighted by Crippen LogP contribution is -2.68. The minimum Gasteiger partial charge on any atom is -0.462 e. The summed E-state index contributed by atoms with van der Waals surface area (Å²) in [4.78, 5) is 53.0. The van der Waals surface area contributed by atoms with Crippen molar-refractivity contribution >= 4 is 24.0 Å². The molecule has 0 N–H and O–H groups in total. The summed E-state index contributed by atoms with van der Waals surface area (Å²) in [6.45, 7) is 16.3. The highest BCUT2D eigenvalue weighted by Gasteiger charge is 2.71. The zero-order valence-corrected chi connectivity index (χ0v) is 29.8. The molecule has 0 saturated heterocycles. The smallest absolute Gasteiger partial charge is 0.306 e. The quantitative estimate of drug-likeness (QED) is 0.218. The van der Waals surface area contributed by atoms with E-state index in [0.717, 1.165) is 63.2 Å². The third kappa shape index (κ3) is 5.44. The Morgan fingerprint density at radius 3 is 2.23 bits per heavy atom. The highest BCUT2D eigenvalue weighted by Crippen LogP contribution is 2.75. The van der Waals surface area contributed by atoms with E-state index in [1.807, 2.05) is 36.4 Å². The van der Waals surface area contributed by atoms with E-state index < -0.39 is 23.5 Å². The van der Waals surface area contributed by atoms with E-state index in [1.165, 1.54) is 5.57 Å². The van der Waals surface area contributed by atoms with E-state index in [0.29, 0.717) is 6.42 Å². The Morgan fingerprint density at radius 1 is 0.851 bits per heavy atom. The second-order valence-electron chi connectivity index (χ2n) is 18.0. The minimum atomic E-state index is -0.537. The van der Waals surface area contributed by atoms with Crippen molar-refractivity contribution in [2.24, 2.45) is 50.2 Å². The van der Waals surface area contributed by atoms with Crippen molar-refractivity contribution in [2.75, 3.05) is 0 Å². The predicted molar refractivity (Wildman–Crippen MR) is 181 cm³/mol. The number of carbonyl (C=O) groups is 4. The van der Waals surface area contributed by atoms with Gasteiger partial charge in [0, 0.05) is 16.7 Å². The molecule has 1 aromatic carbocycles. The Kier molecular flexibility index (Phi) is 8.48. The molecule has 0 amide bonds. The van der Waals surface area contributed by atoms with Crippen molar-refractivity contribution in [1.29, 1.82) is 0 Å². The molecule has 0 radical (unpaired) electrons. The monoisotopic (exact) mass is 644 g/mol. The fourth-order valence-corrected chi connectivity index (χ4v) is 11.7. The van der Waals surface area contributed by atoms with Crippen molar-refractivity contribution in [1.82, 2.24) is 0 Å². The number of rotatable bonds is 7. The van der Waals surface area contributed by atoms with Gasteiger partial charge in [-0.2, -0.15) is 0 Å². The SMILES string of the molecule is CC1(C)CCC(OC(=O)CCC(=O)OCc2ccccc2)[C@]2(C)[C@H]3C(=O)C=C4[C@@H]5C[C@@](C)(C=O)CC[C@]5(C)CC[C@@]4(C)[C@]3(C)CC[C@@H]12. The van der Waals surface area contributed by atoms with E-state index in [4.69, 9.17) is 9.47 Å². The van der Waals surface area contributed by atoms with Crippen LogP contribution < -0.4 is 0 Å². The van der Waals surface area contributed by atoms with Crippen molar-refractivity contribution in [3.8, 4) is 0 Å². The summed E-state index contributed by atoms with van der Waals surface area (Å²) >= 11 is 0. The summed E-state index contributed by atoms with van der Waals surface area (Å²) in [7, 11) is 0. The molecule has 0 heterocycles. The third-order valence-corrected chi connectivity index (χ3v) is 14.8. The number of allylic oxidation sites excluding steroid dienone is 2. The van der Waals surface area contributed by atoms with Gasteiger partial charge in [-0.1, -0.05) is 84.4 Å². The zero-order valence-electron chi connectivity index (χ0n) is 29.8. The number of ether oxygens (including phenoxy) is 2. The van der Waals surface area contributed by atoms with Crippen LogP contribution in [0.1, 0.15) is 125 Å². The lowest BCUT2D eigenvalue weighted by Gasteiger charge is -2.70. The molecule has 47 heavy (non-hydrogen) atoms. The molecule has 1 aromatic rings. The molecule has 0 aromatic heterocycles. The van der Waals surface area contributed by atoms with Crippen LogP contribution in [-0.2, 0) is 35.3 Å². The first-order chi connectivity index (χ1) is 22.0. The average Bonchev–Trinajstić information content (AvgIpc) is 3.02. The molecular formula is C41H56O6. The molecule has 5 aliphatic rings. The summed E-state index contributed by atoms with van der Waals surface area (Å²) < 4.78 is 11.8. The third-order valence-electron chi connectivity index (χ3n) is 14.8.